The van der Waals surface area contributed by atoms with Gasteiger partial charge in [-0.25, -0.2) is 0 Å². The molecule has 2 aliphatic carbocycles. The second kappa shape index (κ2) is 11.1. The number of Topliss-reactive ketones (excluding diaryl/α,β-unsaturated/α-hetero) is 2. The van der Waals surface area contributed by atoms with Crippen LogP contribution in [-0.4, -0.2) is 24.7 Å². The topological polar surface area (TPSA) is 55.8 Å². The molecule has 5 rings (SSSR count). The zero-order chi connectivity index (χ0) is 29.7. The second-order valence-corrected chi connectivity index (χ2v) is 13.9. The lowest BCUT2D eigenvalue weighted by molar-refractivity contribution is -0.120. The van der Waals surface area contributed by atoms with E-state index >= 15 is 0 Å². The molecule has 2 aromatic carbocycles. The van der Waals surface area contributed by atoms with E-state index in [4.69, 9.17) is 32.7 Å². The van der Waals surface area contributed by atoms with Gasteiger partial charge in [0, 0.05) is 82.8 Å². The minimum absolute atomic E-state index is 0.0324. The monoisotopic (exact) mass is 595 g/mol. The normalized spacial score (nSPS) is 20.0. The van der Waals surface area contributed by atoms with E-state index in [1.807, 2.05) is 18.2 Å². The van der Waals surface area contributed by atoms with Crippen LogP contribution in [0.4, 0.5) is 5.69 Å². The molecule has 0 spiro atoms. The Morgan fingerprint density at radius 2 is 1.44 bits per heavy atom. The summed E-state index contributed by atoms with van der Waals surface area (Å²) in [6.45, 7) is 14.5. The van der Waals surface area contributed by atoms with Crippen molar-refractivity contribution in [2.75, 3.05) is 18.0 Å². The summed E-state index contributed by atoms with van der Waals surface area (Å²) in [6.07, 6.45) is 2.10. The molecule has 3 aliphatic rings. The Kier molecular flexibility index (Phi) is 8.08. The van der Waals surface area contributed by atoms with E-state index in [0.29, 0.717) is 64.1 Å². The first-order valence-electron chi connectivity index (χ1n) is 14.5. The van der Waals surface area contributed by atoms with Crippen LogP contribution < -0.4 is 9.64 Å². The van der Waals surface area contributed by atoms with Gasteiger partial charge in [-0.15, -0.1) is 0 Å². The number of ketones is 2. The van der Waals surface area contributed by atoms with E-state index in [9.17, 15) is 9.59 Å². The summed E-state index contributed by atoms with van der Waals surface area (Å²) in [5, 5.41) is 1.08. The summed E-state index contributed by atoms with van der Waals surface area (Å²) >= 11 is 12.6. The number of benzene rings is 2. The number of rotatable bonds is 7. The molecule has 0 radical (unpaired) electrons. The van der Waals surface area contributed by atoms with Crippen LogP contribution in [0, 0.1) is 10.8 Å². The SMILES string of the molecule is CCN(CC)c1ccc(C2C3=C(CC(C)(C)CC3=O)OC3=C2C(=O)CC(C)(C)C3)c(OCc2ccc(Cl)cc2Cl)c1. The highest BCUT2D eigenvalue weighted by atomic mass is 35.5. The van der Waals surface area contributed by atoms with Gasteiger partial charge < -0.3 is 14.4 Å². The number of nitrogens with zero attached hydrogens (tertiary/aromatic N) is 1. The van der Waals surface area contributed by atoms with Crippen molar-refractivity contribution in [2.45, 2.75) is 79.8 Å². The Hall–Kier alpha value is -2.76. The van der Waals surface area contributed by atoms with Crippen LogP contribution in [-0.2, 0) is 20.9 Å². The first kappa shape index (κ1) is 29.7. The zero-order valence-electron chi connectivity index (χ0n) is 24.8. The summed E-state index contributed by atoms with van der Waals surface area (Å²) in [4.78, 5) is 29.9. The molecule has 41 heavy (non-hydrogen) atoms. The molecular weight excluding hydrogens is 557 g/mol. The van der Waals surface area contributed by atoms with Gasteiger partial charge in [-0.1, -0.05) is 63.0 Å². The van der Waals surface area contributed by atoms with Gasteiger partial charge in [-0.2, -0.15) is 0 Å². The fourth-order valence-corrected chi connectivity index (χ4v) is 6.91. The summed E-state index contributed by atoms with van der Waals surface area (Å²) in [7, 11) is 0. The Morgan fingerprint density at radius 3 is 1.98 bits per heavy atom. The van der Waals surface area contributed by atoms with Crippen molar-refractivity contribution >= 4 is 40.5 Å². The van der Waals surface area contributed by atoms with Gasteiger partial charge in [0.25, 0.3) is 0 Å². The van der Waals surface area contributed by atoms with E-state index in [2.05, 4.69) is 52.5 Å². The molecule has 0 N–H and O–H groups in total. The van der Waals surface area contributed by atoms with Crippen molar-refractivity contribution in [3.63, 3.8) is 0 Å². The number of hydrogen-bond acceptors (Lipinski definition) is 5. The van der Waals surface area contributed by atoms with Crippen molar-refractivity contribution in [1.29, 1.82) is 0 Å². The van der Waals surface area contributed by atoms with Crippen LogP contribution in [0.2, 0.25) is 10.0 Å². The number of ether oxygens (including phenoxy) is 2. The van der Waals surface area contributed by atoms with Gasteiger partial charge in [0.05, 0.1) is 5.92 Å². The second-order valence-electron chi connectivity index (χ2n) is 13.0. The average molecular weight is 597 g/mol. The van der Waals surface area contributed by atoms with Gasteiger partial charge >= 0.3 is 0 Å². The molecule has 0 aromatic heterocycles. The Morgan fingerprint density at radius 1 is 0.854 bits per heavy atom. The molecule has 0 fully saturated rings. The van der Waals surface area contributed by atoms with Crippen LogP contribution in [0.25, 0.3) is 0 Å². The van der Waals surface area contributed by atoms with E-state index in [0.717, 1.165) is 29.9 Å². The van der Waals surface area contributed by atoms with Crippen molar-refractivity contribution < 1.29 is 19.1 Å². The number of anilines is 1. The van der Waals surface area contributed by atoms with E-state index in [-0.39, 0.29) is 29.0 Å². The molecule has 0 saturated heterocycles. The van der Waals surface area contributed by atoms with Gasteiger partial charge in [0.2, 0.25) is 0 Å². The largest absolute Gasteiger partial charge is 0.488 e. The highest BCUT2D eigenvalue weighted by Crippen LogP contribution is 2.54. The van der Waals surface area contributed by atoms with E-state index in [1.165, 1.54) is 0 Å². The van der Waals surface area contributed by atoms with Gasteiger partial charge in [0.15, 0.2) is 11.6 Å². The molecule has 218 valence electrons. The minimum Gasteiger partial charge on any atom is -0.488 e. The summed E-state index contributed by atoms with van der Waals surface area (Å²) in [6, 6.07) is 11.5. The number of allylic oxidation sites excluding steroid dienone is 4. The van der Waals surface area contributed by atoms with Crippen LogP contribution in [0.3, 0.4) is 0 Å². The van der Waals surface area contributed by atoms with Gasteiger partial charge in [-0.05, 0) is 42.9 Å². The maximum absolute atomic E-state index is 13.8. The first-order chi connectivity index (χ1) is 19.3. The highest BCUT2D eigenvalue weighted by molar-refractivity contribution is 6.35. The fourth-order valence-electron chi connectivity index (χ4n) is 6.45. The quantitative estimate of drug-likeness (QED) is 0.320. The molecule has 0 bridgehead atoms. The number of carbonyl (C=O) groups excluding carboxylic acids is 2. The summed E-state index contributed by atoms with van der Waals surface area (Å²) in [5.74, 6) is 1.54. The molecule has 0 amide bonds. The van der Waals surface area contributed by atoms with Crippen LogP contribution in [0.5, 0.6) is 5.75 Å². The molecule has 0 saturated carbocycles. The van der Waals surface area contributed by atoms with Crippen LogP contribution in [0.15, 0.2) is 59.1 Å². The standard InChI is InChI=1S/C34H39Cl2NO4/c1-7-37(8-2)22-11-12-23(27(14-22)40-19-20-9-10-21(35)13-24(20)36)30-31-25(38)15-33(3,4)17-28(31)41-29-18-34(5,6)16-26(39)32(29)30/h9-14,30H,7-8,15-19H2,1-6H3. The maximum Gasteiger partial charge on any atom is 0.163 e. The van der Waals surface area contributed by atoms with Crippen LogP contribution >= 0.6 is 23.2 Å². The smallest absolute Gasteiger partial charge is 0.163 e. The third kappa shape index (κ3) is 5.94. The Balaban J connectivity index is 1.68. The summed E-state index contributed by atoms with van der Waals surface area (Å²) < 4.78 is 13.0. The number of carbonyl (C=O) groups is 2. The molecule has 5 nitrogen and oxygen atoms in total. The fraction of sp³-hybridized carbons (Fsp3) is 0.471. The molecule has 1 heterocycles. The van der Waals surface area contributed by atoms with E-state index in [1.54, 1.807) is 12.1 Å². The molecule has 2 aromatic rings. The highest BCUT2D eigenvalue weighted by Gasteiger charge is 2.48. The van der Waals surface area contributed by atoms with E-state index < -0.39 is 5.92 Å². The predicted octanol–water partition coefficient (Wildman–Crippen LogP) is 8.82. The third-order valence-electron chi connectivity index (χ3n) is 8.42. The average Bonchev–Trinajstić information content (AvgIpc) is 2.86. The lowest BCUT2D eigenvalue weighted by Crippen LogP contribution is -2.37. The lowest BCUT2D eigenvalue weighted by atomic mass is 9.65. The molecule has 0 atom stereocenters. The van der Waals surface area contributed by atoms with Crippen LogP contribution in [0.1, 0.15) is 84.3 Å². The van der Waals surface area contributed by atoms with Crippen molar-refractivity contribution in [1.82, 2.24) is 0 Å². The minimum atomic E-state index is -0.539. The third-order valence-corrected chi connectivity index (χ3v) is 9.00. The molecule has 1 aliphatic heterocycles. The lowest BCUT2D eigenvalue weighted by Gasteiger charge is -2.43. The Labute approximate surface area is 253 Å². The maximum atomic E-state index is 13.8. The van der Waals surface area contributed by atoms with Crippen molar-refractivity contribution in [2.24, 2.45) is 10.8 Å². The predicted molar refractivity (Wildman–Crippen MR) is 165 cm³/mol. The molecular formula is C34H39Cl2NO4. The Bertz CT molecular complexity index is 1410. The first-order valence-corrected chi connectivity index (χ1v) is 15.2. The van der Waals surface area contributed by atoms with Gasteiger partial charge in [-0.3, -0.25) is 9.59 Å². The number of hydrogen-bond donors (Lipinski definition) is 0. The van der Waals surface area contributed by atoms with Gasteiger partial charge in [0.1, 0.15) is 23.9 Å². The molecule has 0 unspecified atom stereocenters. The zero-order valence-corrected chi connectivity index (χ0v) is 26.3. The molecule has 7 heteroatoms. The summed E-state index contributed by atoms with van der Waals surface area (Å²) in [5.41, 5.74) is 3.37. The van der Waals surface area contributed by atoms with Crippen molar-refractivity contribution in [3.05, 3.63) is 80.2 Å². The number of halogens is 2. The van der Waals surface area contributed by atoms with Crippen molar-refractivity contribution in [3.8, 4) is 5.75 Å².